The molecule has 1 unspecified atom stereocenters. The third-order valence-electron chi connectivity index (χ3n) is 5.87. The van der Waals surface area contributed by atoms with E-state index in [9.17, 15) is 0 Å². The molecule has 0 aliphatic rings. The molecule has 0 heterocycles. The Labute approximate surface area is 220 Å². The van der Waals surface area contributed by atoms with Crippen molar-refractivity contribution in [1.82, 2.24) is 0 Å². The molecule has 0 radical (unpaired) electrons. The second-order valence-electron chi connectivity index (χ2n) is 8.62. The first-order valence-corrected chi connectivity index (χ1v) is 15.1. The molecule has 0 aliphatic heterocycles. The predicted molar refractivity (Wildman–Crippen MR) is 166 cm³/mol. The molecule has 1 nitrogen and oxygen atoms in total. The lowest BCUT2D eigenvalue weighted by atomic mass is 9.88. The van der Waals surface area contributed by atoms with E-state index >= 15 is 0 Å². The number of hydrogen-bond acceptors (Lipinski definition) is 1. The first-order valence-electron chi connectivity index (χ1n) is 15.1. The van der Waals surface area contributed by atoms with Gasteiger partial charge in [-0.3, -0.25) is 0 Å². The van der Waals surface area contributed by atoms with E-state index in [-0.39, 0.29) is 0 Å². The van der Waals surface area contributed by atoms with Gasteiger partial charge in [-0.2, -0.15) is 0 Å². The molecule has 0 aromatic rings. The van der Waals surface area contributed by atoms with Gasteiger partial charge in [-0.15, -0.1) is 0 Å². The second-order valence-corrected chi connectivity index (χ2v) is 8.62. The molecule has 0 saturated carbocycles. The molecule has 0 saturated heterocycles. The van der Waals surface area contributed by atoms with Crippen molar-refractivity contribution >= 4 is 0 Å². The van der Waals surface area contributed by atoms with Crippen LogP contribution in [0.1, 0.15) is 167 Å². The maximum absolute atomic E-state index is 5.92. The average molecular weight is 482 g/mol. The number of rotatable bonds is 15. The van der Waals surface area contributed by atoms with E-state index in [1.54, 1.807) is 0 Å². The Morgan fingerprint density at radius 1 is 0.676 bits per heavy atom. The summed E-state index contributed by atoms with van der Waals surface area (Å²) in [5.41, 5.74) is 10.4. The third-order valence-corrected chi connectivity index (χ3v) is 5.87. The van der Waals surface area contributed by atoms with Crippen molar-refractivity contribution in [3.63, 3.8) is 0 Å². The molecule has 0 spiro atoms. The topological polar surface area (TPSA) is 26.0 Å². The second kappa shape index (κ2) is 36.6. The molecule has 0 bridgehead atoms. The zero-order valence-corrected chi connectivity index (χ0v) is 26.6. The van der Waals surface area contributed by atoms with Gasteiger partial charge in [-0.1, -0.05) is 160 Å². The van der Waals surface area contributed by atoms with Crippen LogP contribution in [0, 0.1) is 11.8 Å². The molecule has 2 N–H and O–H groups in total. The maximum atomic E-state index is 5.92. The van der Waals surface area contributed by atoms with Gasteiger partial charge in [0.2, 0.25) is 0 Å². The van der Waals surface area contributed by atoms with E-state index in [1.807, 2.05) is 41.5 Å². The molecular weight excluding hydrogens is 410 g/mol. The van der Waals surface area contributed by atoms with Gasteiger partial charge in [-0.25, -0.2) is 0 Å². The van der Waals surface area contributed by atoms with Crippen molar-refractivity contribution in [1.29, 1.82) is 0 Å². The molecule has 0 aromatic carbocycles. The van der Waals surface area contributed by atoms with E-state index in [2.05, 4.69) is 61.6 Å². The largest absolute Gasteiger partial charge is 0.399 e. The fourth-order valence-corrected chi connectivity index (χ4v) is 3.62. The molecule has 0 amide bonds. The van der Waals surface area contributed by atoms with Gasteiger partial charge >= 0.3 is 0 Å². The summed E-state index contributed by atoms with van der Waals surface area (Å²) >= 11 is 0. The highest BCUT2D eigenvalue weighted by molar-refractivity contribution is 5.40. The van der Waals surface area contributed by atoms with E-state index in [0.717, 1.165) is 31.1 Å². The van der Waals surface area contributed by atoms with Crippen LogP contribution >= 0.6 is 0 Å². The summed E-state index contributed by atoms with van der Waals surface area (Å²) in [5.74, 6) is 1.81. The van der Waals surface area contributed by atoms with Crippen LogP contribution in [-0.2, 0) is 0 Å². The van der Waals surface area contributed by atoms with Gasteiger partial charge in [0.05, 0.1) is 0 Å². The average Bonchev–Trinajstić information content (AvgIpc) is 2.87. The number of hydrogen-bond donors (Lipinski definition) is 1. The summed E-state index contributed by atoms with van der Waals surface area (Å²) in [5, 5.41) is 0. The summed E-state index contributed by atoms with van der Waals surface area (Å²) in [6, 6.07) is 0. The Morgan fingerprint density at radius 3 is 1.47 bits per heavy atom. The van der Waals surface area contributed by atoms with Crippen LogP contribution < -0.4 is 5.73 Å². The highest BCUT2D eigenvalue weighted by Crippen LogP contribution is 2.27. The van der Waals surface area contributed by atoms with Crippen LogP contribution in [0.2, 0.25) is 0 Å². The first-order chi connectivity index (χ1) is 16.3. The van der Waals surface area contributed by atoms with E-state index < -0.39 is 0 Å². The number of allylic oxidation sites excluding steroid dienone is 3. The molecule has 0 rings (SSSR count). The summed E-state index contributed by atoms with van der Waals surface area (Å²) in [4.78, 5) is 0. The SMILES string of the molecule is C=C(CCC(CCC)CCC)/C(C)=C(\CCC)C(=C)N.CC.CC.CC.CCCCC(C)CC. The van der Waals surface area contributed by atoms with Gasteiger partial charge in [0, 0.05) is 5.70 Å². The Bertz CT molecular complexity index is 424. The summed E-state index contributed by atoms with van der Waals surface area (Å²) < 4.78 is 0. The van der Waals surface area contributed by atoms with Crippen molar-refractivity contribution < 1.29 is 0 Å². The normalized spacial score (nSPS) is 11.1. The Morgan fingerprint density at radius 2 is 1.15 bits per heavy atom. The number of unbranched alkanes of at least 4 members (excludes halogenated alkanes) is 1. The standard InChI is InChI=1S/C19H35N.C8H18.3C2H6/c1-7-10-18(11-8-2)14-13-15(4)16(5)19(12-9-3)17(6)20;1-4-6-7-8(3)5-2;3*1-2/h18H,4,6-14,20H2,1-3,5H3;8H,4-7H2,1-3H3;3*1-2H3/b19-16+;;;;. The van der Waals surface area contributed by atoms with Gasteiger partial charge in [-0.05, 0) is 49.2 Å². The highest BCUT2D eigenvalue weighted by Gasteiger charge is 2.11. The molecule has 0 aromatic heterocycles. The minimum absolute atomic E-state index is 0.712. The third kappa shape index (κ3) is 29.1. The minimum atomic E-state index is 0.712. The van der Waals surface area contributed by atoms with E-state index in [4.69, 9.17) is 5.73 Å². The molecule has 0 aliphatic carbocycles. The maximum Gasteiger partial charge on any atom is 0.0276 e. The van der Waals surface area contributed by atoms with Gasteiger partial charge in [0.25, 0.3) is 0 Å². The van der Waals surface area contributed by atoms with Crippen molar-refractivity contribution in [2.24, 2.45) is 17.6 Å². The Balaban J connectivity index is -0.000000166. The lowest BCUT2D eigenvalue weighted by Gasteiger charge is -2.18. The van der Waals surface area contributed by atoms with Crippen LogP contribution in [0.3, 0.4) is 0 Å². The van der Waals surface area contributed by atoms with Gasteiger partial charge in [0.1, 0.15) is 0 Å². The van der Waals surface area contributed by atoms with Crippen molar-refractivity contribution in [3.8, 4) is 0 Å². The van der Waals surface area contributed by atoms with Crippen molar-refractivity contribution in [2.75, 3.05) is 0 Å². The fourth-order valence-electron chi connectivity index (χ4n) is 3.62. The van der Waals surface area contributed by atoms with Crippen LogP contribution in [0.4, 0.5) is 0 Å². The molecule has 1 atom stereocenters. The smallest absolute Gasteiger partial charge is 0.0276 e. The van der Waals surface area contributed by atoms with Crippen molar-refractivity contribution in [3.05, 3.63) is 35.6 Å². The summed E-state index contributed by atoms with van der Waals surface area (Å²) in [6.07, 6.45) is 15.2. The predicted octanol–water partition coefficient (Wildman–Crippen LogP) is 12.4. The van der Waals surface area contributed by atoms with Gasteiger partial charge in [0.15, 0.2) is 0 Å². The minimum Gasteiger partial charge on any atom is -0.399 e. The van der Waals surface area contributed by atoms with E-state index in [0.29, 0.717) is 5.70 Å². The monoisotopic (exact) mass is 482 g/mol. The summed E-state index contributed by atoms with van der Waals surface area (Å²) in [6.45, 7) is 35.9. The molecule has 0 fully saturated rings. The van der Waals surface area contributed by atoms with Crippen molar-refractivity contribution in [2.45, 2.75) is 167 Å². The summed E-state index contributed by atoms with van der Waals surface area (Å²) in [7, 11) is 0. The quantitative estimate of drug-likeness (QED) is 0.231. The van der Waals surface area contributed by atoms with Crippen LogP contribution in [-0.4, -0.2) is 0 Å². The zero-order valence-electron chi connectivity index (χ0n) is 26.6. The highest BCUT2D eigenvalue weighted by atomic mass is 14.6. The molecular formula is C33H71N. The lowest BCUT2D eigenvalue weighted by Crippen LogP contribution is -2.05. The van der Waals surface area contributed by atoms with Crippen LogP contribution in [0.25, 0.3) is 0 Å². The van der Waals surface area contributed by atoms with Gasteiger partial charge < -0.3 is 5.73 Å². The fraction of sp³-hybridized carbons (Fsp3) is 0.818. The first kappa shape index (κ1) is 43.1. The zero-order chi connectivity index (χ0) is 27.9. The van der Waals surface area contributed by atoms with Crippen LogP contribution in [0.5, 0.6) is 0 Å². The Kier molecular flexibility index (Phi) is 46.4. The molecule has 34 heavy (non-hydrogen) atoms. The van der Waals surface area contributed by atoms with E-state index in [1.165, 1.54) is 74.5 Å². The van der Waals surface area contributed by atoms with Crippen LogP contribution in [0.15, 0.2) is 35.6 Å². The molecule has 1 heteroatoms. The molecule has 208 valence electrons. The number of nitrogens with two attached hydrogens (primary N) is 1. The lowest BCUT2D eigenvalue weighted by molar-refractivity contribution is 0.411. The Hall–Kier alpha value is -0.980.